The van der Waals surface area contributed by atoms with Gasteiger partial charge in [0.15, 0.2) is 0 Å². The molecule has 0 aromatic carbocycles. The van der Waals surface area contributed by atoms with Crippen LogP contribution in [0.4, 0.5) is 0 Å². The zero-order chi connectivity index (χ0) is 14.7. The van der Waals surface area contributed by atoms with E-state index >= 15 is 0 Å². The molecular weight excluding hydrogens is 266 g/mol. The van der Waals surface area contributed by atoms with Crippen molar-refractivity contribution in [3.8, 4) is 0 Å². The summed E-state index contributed by atoms with van der Waals surface area (Å²) in [6, 6.07) is 1.77. The number of carbonyl (C=O) groups excluding carboxylic acids is 3. The molecule has 1 aromatic rings. The number of carboxylic acid groups (broad SMARTS) is 1. The Morgan fingerprint density at radius 2 is 2.15 bits per heavy atom. The highest BCUT2D eigenvalue weighted by molar-refractivity contribution is 6.06. The van der Waals surface area contributed by atoms with Crippen LogP contribution >= 0.6 is 0 Å². The molecule has 20 heavy (non-hydrogen) atoms. The van der Waals surface area contributed by atoms with Crippen molar-refractivity contribution in [3.05, 3.63) is 29.6 Å². The standard InChI is InChI=1S/C12H11N3O5/c16-8-4-3-7(10(17)15-8)14-11(18)9-6(12(19)20)2-1-5-13-9/h1-2,5,7H,3-4H2,(H,14,18)(H,19,20)(H,15,16,17). The summed E-state index contributed by atoms with van der Waals surface area (Å²) in [6.45, 7) is 0. The number of aromatic nitrogens is 1. The number of amides is 3. The molecule has 1 unspecified atom stereocenters. The fourth-order valence-electron chi connectivity index (χ4n) is 1.82. The zero-order valence-electron chi connectivity index (χ0n) is 10.3. The van der Waals surface area contributed by atoms with Crippen molar-refractivity contribution in [1.29, 1.82) is 0 Å². The van der Waals surface area contributed by atoms with Gasteiger partial charge in [0, 0.05) is 12.6 Å². The van der Waals surface area contributed by atoms with Gasteiger partial charge < -0.3 is 10.4 Å². The van der Waals surface area contributed by atoms with Gasteiger partial charge in [0.05, 0.1) is 5.56 Å². The van der Waals surface area contributed by atoms with Crippen LogP contribution in [-0.4, -0.2) is 39.8 Å². The minimum Gasteiger partial charge on any atom is -0.478 e. The second kappa shape index (κ2) is 5.47. The number of piperidine rings is 1. The van der Waals surface area contributed by atoms with Crippen LogP contribution in [0.25, 0.3) is 0 Å². The lowest BCUT2D eigenvalue weighted by Gasteiger charge is -2.21. The zero-order valence-corrected chi connectivity index (χ0v) is 10.3. The summed E-state index contributed by atoms with van der Waals surface area (Å²) >= 11 is 0. The normalized spacial score (nSPS) is 18.3. The molecule has 3 N–H and O–H groups in total. The molecule has 8 heteroatoms. The van der Waals surface area contributed by atoms with Gasteiger partial charge in [-0.3, -0.25) is 24.7 Å². The largest absolute Gasteiger partial charge is 0.478 e. The minimum atomic E-state index is -1.29. The first-order chi connectivity index (χ1) is 9.49. The average Bonchev–Trinajstić information content (AvgIpc) is 2.41. The van der Waals surface area contributed by atoms with Crippen molar-refractivity contribution in [2.75, 3.05) is 0 Å². The van der Waals surface area contributed by atoms with E-state index in [0.717, 1.165) is 0 Å². The van der Waals surface area contributed by atoms with Gasteiger partial charge in [0.1, 0.15) is 11.7 Å². The third kappa shape index (κ3) is 2.79. The van der Waals surface area contributed by atoms with Crippen molar-refractivity contribution < 1.29 is 24.3 Å². The Hall–Kier alpha value is -2.77. The molecule has 1 saturated heterocycles. The van der Waals surface area contributed by atoms with Crippen LogP contribution in [0.1, 0.15) is 33.7 Å². The van der Waals surface area contributed by atoms with E-state index in [-0.39, 0.29) is 24.1 Å². The lowest BCUT2D eigenvalue weighted by molar-refractivity contribution is -0.134. The summed E-state index contributed by atoms with van der Waals surface area (Å²) in [6.07, 6.45) is 1.57. The second-order valence-electron chi connectivity index (χ2n) is 4.18. The van der Waals surface area contributed by atoms with Crippen molar-refractivity contribution in [2.24, 2.45) is 0 Å². The third-order valence-corrected chi connectivity index (χ3v) is 2.80. The maximum absolute atomic E-state index is 12.0. The summed E-state index contributed by atoms with van der Waals surface area (Å²) in [5, 5.41) is 13.4. The van der Waals surface area contributed by atoms with Gasteiger partial charge in [0.2, 0.25) is 11.8 Å². The highest BCUT2D eigenvalue weighted by atomic mass is 16.4. The quantitative estimate of drug-likeness (QED) is 0.628. The lowest BCUT2D eigenvalue weighted by Crippen LogP contribution is -2.52. The first-order valence-electron chi connectivity index (χ1n) is 5.82. The Balaban J connectivity index is 2.15. The van der Waals surface area contributed by atoms with Crippen LogP contribution in [0.2, 0.25) is 0 Å². The van der Waals surface area contributed by atoms with E-state index in [4.69, 9.17) is 5.11 Å². The molecule has 0 radical (unpaired) electrons. The summed E-state index contributed by atoms with van der Waals surface area (Å²) in [5.74, 6) is -3.06. The van der Waals surface area contributed by atoms with E-state index in [1.807, 2.05) is 0 Å². The summed E-state index contributed by atoms with van der Waals surface area (Å²) in [4.78, 5) is 49.1. The van der Waals surface area contributed by atoms with Gasteiger partial charge in [-0.25, -0.2) is 4.79 Å². The van der Waals surface area contributed by atoms with Crippen LogP contribution < -0.4 is 10.6 Å². The smallest absolute Gasteiger partial charge is 0.338 e. The van der Waals surface area contributed by atoms with Crippen LogP contribution in [0, 0.1) is 0 Å². The van der Waals surface area contributed by atoms with Gasteiger partial charge in [-0.05, 0) is 18.6 Å². The van der Waals surface area contributed by atoms with Gasteiger partial charge >= 0.3 is 5.97 Å². The average molecular weight is 277 g/mol. The number of hydrogen-bond donors (Lipinski definition) is 3. The van der Waals surface area contributed by atoms with E-state index in [2.05, 4.69) is 15.6 Å². The van der Waals surface area contributed by atoms with Crippen LogP contribution in [0.5, 0.6) is 0 Å². The molecule has 1 fully saturated rings. The lowest BCUT2D eigenvalue weighted by atomic mass is 10.1. The van der Waals surface area contributed by atoms with Crippen LogP contribution in [0.3, 0.4) is 0 Å². The van der Waals surface area contributed by atoms with Crippen molar-refractivity contribution in [3.63, 3.8) is 0 Å². The number of rotatable bonds is 3. The number of carboxylic acids is 1. The van der Waals surface area contributed by atoms with E-state index in [1.165, 1.54) is 18.3 Å². The highest BCUT2D eigenvalue weighted by Gasteiger charge is 2.29. The second-order valence-corrected chi connectivity index (χ2v) is 4.18. The molecule has 0 aliphatic carbocycles. The molecule has 1 atom stereocenters. The predicted molar refractivity (Wildman–Crippen MR) is 64.8 cm³/mol. The molecule has 8 nitrogen and oxygen atoms in total. The molecule has 0 bridgehead atoms. The third-order valence-electron chi connectivity index (χ3n) is 2.80. The maximum Gasteiger partial charge on any atom is 0.338 e. The van der Waals surface area contributed by atoms with E-state index in [0.29, 0.717) is 0 Å². The Labute approximate surface area is 113 Å². The highest BCUT2D eigenvalue weighted by Crippen LogP contribution is 2.08. The predicted octanol–water partition coefficient (Wildman–Crippen LogP) is -0.685. The number of nitrogens with one attached hydrogen (secondary N) is 2. The Kier molecular flexibility index (Phi) is 3.74. The number of nitrogens with zero attached hydrogens (tertiary/aromatic N) is 1. The van der Waals surface area contributed by atoms with Crippen molar-refractivity contribution in [1.82, 2.24) is 15.6 Å². The molecule has 3 amide bonds. The first kappa shape index (κ1) is 13.7. The van der Waals surface area contributed by atoms with E-state index in [9.17, 15) is 19.2 Å². The molecule has 104 valence electrons. The molecule has 2 heterocycles. The number of pyridine rings is 1. The van der Waals surface area contributed by atoms with Gasteiger partial charge in [0.25, 0.3) is 5.91 Å². The summed E-state index contributed by atoms with van der Waals surface area (Å²) < 4.78 is 0. The number of imide groups is 1. The van der Waals surface area contributed by atoms with Crippen LogP contribution in [-0.2, 0) is 9.59 Å². The fraction of sp³-hybridized carbons (Fsp3) is 0.250. The SMILES string of the molecule is O=C1CCC(NC(=O)c2ncccc2C(=O)O)C(=O)N1. The van der Waals surface area contributed by atoms with Gasteiger partial charge in [-0.15, -0.1) is 0 Å². The Bertz CT molecular complexity index is 599. The Morgan fingerprint density at radius 3 is 2.80 bits per heavy atom. The minimum absolute atomic E-state index is 0.116. The Morgan fingerprint density at radius 1 is 1.40 bits per heavy atom. The molecule has 1 aromatic heterocycles. The molecule has 0 spiro atoms. The number of hydrogen-bond acceptors (Lipinski definition) is 5. The maximum atomic E-state index is 12.0. The first-order valence-corrected chi connectivity index (χ1v) is 5.82. The van der Waals surface area contributed by atoms with Crippen molar-refractivity contribution in [2.45, 2.75) is 18.9 Å². The van der Waals surface area contributed by atoms with Crippen molar-refractivity contribution >= 4 is 23.7 Å². The monoisotopic (exact) mass is 277 g/mol. The number of aromatic carboxylic acids is 1. The molecule has 1 aliphatic rings. The van der Waals surface area contributed by atoms with Crippen LogP contribution in [0.15, 0.2) is 18.3 Å². The van der Waals surface area contributed by atoms with E-state index < -0.39 is 29.7 Å². The molecule has 0 saturated carbocycles. The fourth-order valence-corrected chi connectivity index (χ4v) is 1.82. The van der Waals surface area contributed by atoms with E-state index in [1.54, 1.807) is 0 Å². The molecule has 2 rings (SSSR count). The van der Waals surface area contributed by atoms with Gasteiger partial charge in [-0.2, -0.15) is 0 Å². The number of carbonyl (C=O) groups is 4. The molecular formula is C12H11N3O5. The molecule has 1 aliphatic heterocycles. The summed E-state index contributed by atoms with van der Waals surface area (Å²) in [5.41, 5.74) is -0.526. The van der Waals surface area contributed by atoms with Gasteiger partial charge in [-0.1, -0.05) is 0 Å². The summed E-state index contributed by atoms with van der Waals surface area (Å²) in [7, 11) is 0. The topological polar surface area (TPSA) is 125 Å².